The van der Waals surface area contributed by atoms with Crippen molar-refractivity contribution in [3.8, 4) is 0 Å². The van der Waals surface area contributed by atoms with Gasteiger partial charge in [0.15, 0.2) is 0 Å². The summed E-state index contributed by atoms with van der Waals surface area (Å²) in [6, 6.07) is -0.0275. The minimum absolute atomic E-state index is 0.0275. The van der Waals surface area contributed by atoms with Gasteiger partial charge in [-0.2, -0.15) is 5.10 Å². The summed E-state index contributed by atoms with van der Waals surface area (Å²) in [6.07, 6.45) is 3.09. The van der Waals surface area contributed by atoms with Crippen LogP contribution in [0.25, 0.3) is 0 Å². The third-order valence-electron chi connectivity index (χ3n) is 4.41. The molecule has 0 bridgehead atoms. The minimum atomic E-state index is -3.53. The highest BCUT2D eigenvalue weighted by Crippen LogP contribution is 2.20. The molecule has 1 N–H and O–H groups in total. The van der Waals surface area contributed by atoms with Crippen LogP contribution in [0.2, 0.25) is 0 Å². The van der Waals surface area contributed by atoms with Crippen LogP contribution in [-0.2, 0) is 17.1 Å². The summed E-state index contributed by atoms with van der Waals surface area (Å²) in [5.41, 5.74) is 1.24. The van der Waals surface area contributed by atoms with Crippen molar-refractivity contribution in [3.63, 3.8) is 0 Å². The first-order valence-electron chi connectivity index (χ1n) is 8.45. The summed E-state index contributed by atoms with van der Waals surface area (Å²) in [7, 11) is -1.75. The lowest BCUT2D eigenvalue weighted by Gasteiger charge is -2.26. The van der Waals surface area contributed by atoms with Gasteiger partial charge in [-0.15, -0.1) is 0 Å². The van der Waals surface area contributed by atoms with E-state index in [4.69, 9.17) is 0 Å². The van der Waals surface area contributed by atoms with Gasteiger partial charge in [-0.05, 0) is 39.2 Å². The maximum atomic E-state index is 12.8. The first-order valence-corrected chi connectivity index (χ1v) is 9.94. The summed E-state index contributed by atoms with van der Waals surface area (Å²) >= 11 is 0. The van der Waals surface area contributed by atoms with Crippen molar-refractivity contribution in [2.45, 2.75) is 57.9 Å². The molecule has 0 amide bonds. The molecule has 7 heteroatoms. The lowest BCUT2D eigenvalue weighted by atomic mass is 10.1. The zero-order valence-corrected chi connectivity index (χ0v) is 15.8. The Labute approximate surface area is 140 Å². The smallest absolute Gasteiger partial charge is 0.244 e. The van der Waals surface area contributed by atoms with Crippen LogP contribution in [0.5, 0.6) is 0 Å². The Morgan fingerprint density at radius 2 is 2.00 bits per heavy atom. The highest BCUT2D eigenvalue weighted by molar-refractivity contribution is 7.89. The molecule has 132 valence electrons. The minimum Gasteiger partial charge on any atom is -0.301 e. The largest absolute Gasteiger partial charge is 0.301 e. The molecule has 0 aromatic carbocycles. The van der Waals surface area contributed by atoms with E-state index in [1.54, 1.807) is 25.6 Å². The number of rotatable bonds is 5. The van der Waals surface area contributed by atoms with Crippen molar-refractivity contribution in [1.29, 1.82) is 0 Å². The van der Waals surface area contributed by atoms with Crippen LogP contribution in [0.4, 0.5) is 0 Å². The zero-order valence-electron chi connectivity index (χ0n) is 15.0. The van der Waals surface area contributed by atoms with Gasteiger partial charge < -0.3 is 4.90 Å². The number of nitrogens with one attached hydrogen (secondary N) is 1. The molecular weight excluding hydrogens is 312 g/mol. The van der Waals surface area contributed by atoms with Gasteiger partial charge in [0, 0.05) is 26.2 Å². The Morgan fingerprint density at radius 1 is 1.30 bits per heavy atom. The third kappa shape index (κ3) is 4.55. The first kappa shape index (κ1) is 18.4. The first-order chi connectivity index (χ1) is 10.7. The van der Waals surface area contributed by atoms with Crippen molar-refractivity contribution < 1.29 is 8.42 Å². The van der Waals surface area contributed by atoms with E-state index in [-0.39, 0.29) is 6.04 Å². The average molecular weight is 343 g/mol. The predicted octanol–water partition coefficient (Wildman–Crippen LogP) is 1.83. The van der Waals surface area contributed by atoms with Crippen molar-refractivity contribution in [2.24, 2.45) is 13.0 Å². The van der Waals surface area contributed by atoms with Gasteiger partial charge in [0.05, 0.1) is 11.4 Å². The highest BCUT2D eigenvalue weighted by Gasteiger charge is 2.28. The molecule has 1 atom stereocenters. The van der Waals surface area contributed by atoms with E-state index < -0.39 is 10.0 Å². The fourth-order valence-corrected chi connectivity index (χ4v) is 5.12. The molecule has 0 spiro atoms. The fraction of sp³-hybridized carbons (Fsp3) is 0.812. The maximum Gasteiger partial charge on any atom is 0.244 e. The van der Waals surface area contributed by atoms with Gasteiger partial charge in [0.25, 0.3) is 0 Å². The van der Waals surface area contributed by atoms with E-state index in [0.717, 1.165) is 38.9 Å². The summed E-state index contributed by atoms with van der Waals surface area (Å²) in [5.74, 6) is 0.591. The molecule has 0 aliphatic carbocycles. The van der Waals surface area contributed by atoms with Crippen molar-refractivity contribution >= 4 is 10.0 Å². The second-order valence-electron chi connectivity index (χ2n) is 7.09. The Kier molecular flexibility index (Phi) is 5.86. The Hall–Kier alpha value is -0.920. The number of hydrogen-bond donors (Lipinski definition) is 1. The standard InChI is InChI=1S/C16H30N4O2S/c1-12(2)10-20-9-7-6-8-15(11-20)18-23(21,22)16-13(3)17-19(5)14(16)4/h12,15,18H,6-11H2,1-5H3/t15-/m1/s1. The van der Waals surface area contributed by atoms with Crippen LogP contribution in [0.3, 0.4) is 0 Å². The molecule has 1 fully saturated rings. The van der Waals surface area contributed by atoms with Crippen LogP contribution in [0.15, 0.2) is 4.90 Å². The van der Waals surface area contributed by atoms with Crippen molar-refractivity contribution in [1.82, 2.24) is 19.4 Å². The fourth-order valence-electron chi connectivity index (χ4n) is 3.42. The number of hydrogen-bond acceptors (Lipinski definition) is 4. The molecule has 1 aromatic rings. The molecule has 1 aliphatic heterocycles. The van der Waals surface area contributed by atoms with Gasteiger partial charge in [0.1, 0.15) is 4.90 Å². The molecule has 0 radical (unpaired) electrons. The van der Waals surface area contributed by atoms with Gasteiger partial charge >= 0.3 is 0 Å². The number of aromatic nitrogens is 2. The van der Waals surface area contributed by atoms with Crippen molar-refractivity contribution in [3.05, 3.63) is 11.4 Å². The predicted molar refractivity (Wildman–Crippen MR) is 91.9 cm³/mol. The second kappa shape index (κ2) is 7.32. The molecule has 0 unspecified atom stereocenters. The van der Waals surface area contributed by atoms with Crippen LogP contribution < -0.4 is 4.72 Å². The van der Waals surface area contributed by atoms with E-state index in [1.165, 1.54) is 0 Å². The lowest BCUT2D eigenvalue weighted by Crippen LogP contribution is -2.43. The van der Waals surface area contributed by atoms with Crippen molar-refractivity contribution in [2.75, 3.05) is 19.6 Å². The van der Waals surface area contributed by atoms with Gasteiger partial charge in [-0.3, -0.25) is 4.68 Å². The van der Waals surface area contributed by atoms with Crippen LogP contribution >= 0.6 is 0 Å². The Morgan fingerprint density at radius 3 is 2.57 bits per heavy atom. The molecular formula is C16H30N4O2S. The Balaban J connectivity index is 2.15. The lowest BCUT2D eigenvalue weighted by molar-refractivity contribution is 0.240. The normalized spacial score (nSPS) is 20.9. The highest BCUT2D eigenvalue weighted by atomic mass is 32.2. The average Bonchev–Trinajstić information content (AvgIpc) is 2.58. The third-order valence-corrected chi connectivity index (χ3v) is 6.18. The second-order valence-corrected chi connectivity index (χ2v) is 8.74. The molecule has 1 aliphatic rings. The quantitative estimate of drug-likeness (QED) is 0.886. The molecule has 0 saturated carbocycles. The number of nitrogens with zero attached hydrogens (tertiary/aromatic N) is 3. The summed E-state index contributed by atoms with van der Waals surface area (Å²) in [4.78, 5) is 2.72. The maximum absolute atomic E-state index is 12.8. The van der Waals surface area contributed by atoms with Gasteiger partial charge in [-0.25, -0.2) is 13.1 Å². The monoisotopic (exact) mass is 342 g/mol. The molecule has 6 nitrogen and oxygen atoms in total. The number of sulfonamides is 1. The SMILES string of the molecule is Cc1nn(C)c(C)c1S(=O)(=O)N[C@@H]1CCCCN(CC(C)C)C1. The molecule has 23 heavy (non-hydrogen) atoms. The number of likely N-dealkylation sites (tertiary alicyclic amines) is 1. The Bertz CT molecular complexity index is 637. The van der Waals surface area contributed by atoms with Gasteiger partial charge in [0.2, 0.25) is 10.0 Å². The van der Waals surface area contributed by atoms with Crippen LogP contribution in [0, 0.1) is 19.8 Å². The van der Waals surface area contributed by atoms with E-state index in [0.29, 0.717) is 22.2 Å². The van der Waals surface area contributed by atoms with Crippen LogP contribution in [-0.4, -0.2) is 48.8 Å². The van der Waals surface area contributed by atoms with E-state index in [1.807, 2.05) is 0 Å². The zero-order chi connectivity index (χ0) is 17.2. The molecule has 2 heterocycles. The van der Waals surface area contributed by atoms with E-state index in [2.05, 4.69) is 28.6 Å². The van der Waals surface area contributed by atoms with Gasteiger partial charge in [-0.1, -0.05) is 20.3 Å². The topological polar surface area (TPSA) is 67.2 Å². The molecule has 1 saturated heterocycles. The van der Waals surface area contributed by atoms with E-state index >= 15 is 0 Å². The molecule has 2 rings (SSSR count). The molecule has 1 aromatic heterocycles. The van der Waals surface area contributed by atoms with Crippen LogP contribution in [0.1, 0.15) is 44.5 Å². The summed E-state index contributed by atoms with van der Waals surface area (Å²) < 4.78 is 30.2. The summed E-state index contributed by atoms with van der Waals surface area (Å²) in [5, 5.41) is 4.23. The number of aryl methyl sites for hydroxylation is 2. The summed E-state index contributed by atoms with van der Waals surface area (Å²) in [6.45, 7) is 10.8. The van der Waals surface area contributed by atoms with E-state index in [9.17, 15) is 8.42 Å².